The minimum Gasteiger partial charge on any atom is -0.481 e. The van der Waals surface area contributed by atoms with Gasteiger partial charge in [0.15, 0.2) is 5.82 Å². The second kappa shape index (κ2) is 18.1. The quantitative estimate of drug-likeness (QED) is 0.0833. The van der Waals surface area contributed by atoms with Gasteiger partial charge in [0.1, 0.15) is 12.4 Å². The number of carbonyl (C=O) groups excluding carboxylic acids is 2. The van der Waals surface area contributed by atoms with Crippen molar-refractivity contribution in [3.63, 3.8) is 0 Å². The molecule has 1 amide bonds. The summed E-state index contributed by atoms with van der Waals surface area (Å²) in [6, 6.07) is 9.44. The van der Waals surface area contributed by atoms with Crippen LogP contribution in [0.5, 0.6) is 5.88 Å². The Kier molecular flexibility index (Phi) is 13.5. The molecule has 19 heteroatoms. The molecule has 2 aromatic carbocycles. The molecule has 0 spiro atoms. The number of rotatable bonds is 14. The zero-order valence-corrected chi connectivity index (χ0v) is 31.4. The van der Waals surface area contributed by atoms with E-state index < -0.39 is 89.2 Å². The van der Waals surface area contributed by atoms with Gasteiger partial charge in [-0.05, 0) is 61.6 Å². The number of amides is 1. The Labute approximate surface area is 328 Å². The van der Waals surface area contributed by atoms with E-state index in [1.54, 1.807) is 44.2 Å². The summed E-state index contributed by atoms with van der Waals surface area (Å²) in [6.07, 6.45) is -10.5. The van der Waals surface area contributed by atoms with Gasteiger partial charge in [0, 0.05) is 30.3 Å². The van der Waals surface area contributed by atoms with Crippen molar-refractivity contribution in [1.29, 1.82) is 0 Å². The van der Waals surface area contributed by atoms with E-state index in [1.807, 2.05) is 0 Å². The second-order valence-corrected chi connectivity index (χ2v) is 13.3. The normalized spacial score (nSPS) is 16.5. The highest BCUT2D eigenvalue weighted by Gasteiger charge is 2.41. The van der Waals surface area contributed by atoms with Gasteiger partial charge >= 0.3 is 30.4 Å². The zero-order chi connectivity index (χ0) is 42.4. The summed E-state index contributed by atoms with van der Waals surface area (Å²) in [5.41, 5.74) is 3.58. The van der Waals surface area contributed by atoms with Crippen molar-refractivity contribution in [3.8, 4) is 5.88 Å². The average Bonchev–Trinajstić information content (AvgIpc) is 3.18. The first-order valence-corrected chi connectivity index (χ1v) is 18.1. The molecule has 3 heterocycles. The average molecular weight is 819 g/mol. The van der Waals surface area contributed by atoms with Crippen molar-refractivity contribution in [3.05, 3.63) is 106 Å². The van der Waals surface area contributed by atoms with Gasteiger partial charge in [-0.3, -0.25) is 19.8 Å². The molecular formula is C39H40F6N6O7. The molecule has 0 bridgehead atoms. The van der Waals surface area contributed by atoms with Crippen LogP contribution in [0.15, 0.2) is 66.9 Å². The molecule has 1 aliphatic rings. The predicted molar refractivity (Wildman–Crippen MR) is 195 cm³/mol. The van der Waals surface area contributed by atoms with Crippen LogP contribution in [-0.2, 0) is 38.0 Å². The lowest BCUT2D eigenvalue weighted by Crippen LogP contribution is -2.48. The number of aliphatic carboxylic acids is 1. The van der Waals surface area contributed by atoms with Crippen molar-refractivity contribution >= 4 is 29.5 Å². The molecule has 4 atom stereocenters. The summed E-state index contributed by atoms with van der Waals surface area (Å²) in [4.78, 5) is 52.6. The number of esters is 1. The number of fused-ring (bicyclic) bond motifs is 1. The van der Waals surface area contributed by atoms with Crippen LogP contribution in [-0.4, -0.2) is 57.8 Å². The second-order valence-electron chi connectivity index (χ2n) is 13.3. The van der Waals surface area contributed by atoms with E-state index in [0.29, 0.717) is 24.1 Å². The minimum atomic E-state index is -5.21. The van der Waals surface area contributed by atoms with Crippen molar-refractivity contribution in [2.24, 2.45) is 0 Å². The van der Waals surface area contributed by atoms with Crippen molar-refractivity contribution in [1.82, 2.24) is 20.3 Å². The number of nitrogen functional groups attached to an aromatic ring is 1. The molecule has 1 aliphatic heterocycles. The highest BCUT2D eigenvalue weighted by molar-refractivity contribution is 5.90. The number of halogens is 6. The van der Waals surface area contributed by atoms with Crippen LogP contribution in [0, 0.1) is 0 Å². The number of nitrogens with zero attached hydrogens (tertiary/aromatic N) is 4. The number of nitrogens with one attached hydrogen (secondary N) is 1. The van der Waals surface area contributed by atoms with E-state index >= 15 is 0 Å². The SMILES string of the molecule is CCOC(=O)N1c2ccc(OC)nc2[C@@H](NC(c2cc(C(F)(F)F)cc(C(F)(F)F)c2)c2ncc(C(CCC(=O)O)C(=O)OCc3ccccc3)c(N)n2)C[C@H]1CC. The van der Waals surface area contributed by atoms with Crippen LogP contribution in [0.4, 0.5) is 42.6 Å². The van der Waals surface area contributed by atoms with Crippen LogP contribution in [0.3, 0.4) is 0 Å². The van der Waals surface area contributed by atoms with E-state index in [1.165, 1.54) is 24.1 Å². The Morgan fingerprint density at radius 3 is 2.21 bits per heavy atom. The first-order chi connectivity index (χ1) is 27.4. The number of hydrogen-bond acceptors (Lipinski definition) is 11. The number of benzene rings is 2. The number of methoxy groups -OCH3 is 1. The summed E-state index contributed by atoms with van der Waals surface area (Å²) in [6.45, 7) is 3.28. The summed E-state index contributed by atoms with van der Waals surface area (Å²) in [7, 11) is 1.33. The van der Waals surface area contributed by atoms with Crippen LogP contribution < -0.4 is 20.7 Å². The molecule has 0 radical (unpaired) electrons. The number of hydrogen-bond donors (Lipinski definition) is 3. The maximum atomic E-state index is 14.2. The lowest BCUT2D eigenvalue weighted by molar-refractivity contribution is -0.147. The van der Waals surface area contributed by atoms with Crippen LogP contribution >= 0.6 is 0 Å². The first-order valence-electron chi connectivity index (χ1n) is 18.1. The number of aromatic nitrogens is 3. The van der Waals surface area contributed by atoms with Crippen LogP contribution in [0.1, 0.15) is 96.9 Å². The molecule has 0 saturated heterocycles. The van der Waals surface area contributed by atoms with E-state index in [0.717, 1.165) is 6.20 Å². The lowest BCUT2D eigenvalue weighted by atomic mass is 9.91. The van der Waals surface area contributed by atoms with Gasteiger partial charge < -0.3 is 25.1 Å². The van der Waals surface area contributed by atoms with E-state index in [-0.39, 0.29) is 54.9 Å². The summed E-state index contributed by atoms with van der Waals surface area (Å²) in [5, 5.41) is 12.5. The van der Waals surface area contributed by atoms with E-state index in [2.05, 4.69) is 20.3 Å². The molecule has 0 aliphatic carbocycles. The van der Waals surface area contributed by atoms with Crippen molar-refractivity contribution in [2.45, 2.75) is 82.5 Å². The molecular weight excluding hydrogens is 778 g/mol. The molecule has 2 unspecified atom stereocenters. The monoisotopic (exact) mass is 818 g/mol. The van der Waals surface area contributed by atoms with Crippen LogP contribution in [0.2, 0.25) is 0 Å². The Balaban J connectivity index is 1.65. The number of nitrogens with two attached hydrogens (primary N) is 1. The molecule has 4 aromatic rings. The third-order valence-electron chi connectivity index (χ3n) is 9.45. The highest BCUT2D eigenvalue weighted by Crippen LogP contribution is 2.43. The third kappa shape index (κ3) is 10.1. The fraction of sp³-hybridized carbons (Fsp3) is 0.385. The molecule has 13 nitrogen and oxygen atoms in total. The number of alkyl halides is 6. The fourth-order valence-electron chi connectivity index (χ4n) is 6.64. The zero-order valence-electron chi connectivity index (χ0n) is 31.4. The molecule has 58 heavy (non-hydrogen) atoms. The van der Waals surface area contributed by atoms with Gasteiger partial charge in [0.25, 0.3) is 0 Å². The molecule has 310 valence electrons. The van der Waals surface area contributed by atoms with Gasteiger partial charge in [0.2, 0.25) is 5.88 Å². The molecule has 4 N–H and O–H groups in total. The van der Waals surface area contributed by atoms with Crippen molar-refractivity contribution in [2.75, 3.05) is 24.4 Å². The van der Waals surface area contributed by atoms with E-state index in [9.17, 15) is 45.8 Å². The number of ether oxygens (including phenoxy) is 3. The number of anilines is 2. The largest absolute Gasteiger partial charge is 0.481 e. The number of pyridine rings is 1. The predicted octanol–water partition coefficient (Wildman–Crippen LogP) is 7.76. The Bertz CT molecular complexity index is 2070. The van der Waals surface area contributed by atoms with Gasteiger partial charge in [-0.15, -0.1) is 0 Å². The maximum Gasteiger partial charge on any atom is 0.416 e. The van der Waals surface area contributed by atoms with Crippen LogP contribution in [0.25, 0.3) is 0 Å². The molecule has 0 fully saturated rings. The summed E-state index contributed by atoms with van der Waals surface area (Å²) in [5.74, 6) is -4.13. The number of carboxylic acids is 1. The number of carbonyl (C=O) groups is 3. The first kappa shape index (κ1) is 43.1. The lowest BCUT2D eigenvalue weighted by Gasteiger charge is -2.40. The third-order valence-corrected chi connectivity index (χ3v) is 9.45. The smallest absolute Gasteiger partial charge is 0.416 e. The molecule has 2 aromatic heterocycles. The Morgan fingerprint density at radius 2 is 1.64 bits per heavy atom. The van der Waals surface area contributed by atoms with Gasteiger partial charge in [-0.1, -0.05) is 37.3 Å². The molecule has 0 saturated carbocycles. The Hall–Kier alpha value is -5.98. The summed E-state index contributed by atoms with van der Waals surface area (Å²) < 4.78 is 101. The maximum absolute atomic E-state index is 14.2. The van der Waals surface area contributed by atoms with E-state index in [4.69, 9.17) is 19.9 Å². The Morgan fingerprint density at radius 1 is 0.966 bits per heavy atom. The van der Waals surface area contributed by atoms with Gasteiger partial charge in [-0.25, -0.2) is 19.7 Å². The van der Waals surface area contributed by atoms with Gasteiger partial charge in [0.05, 0.1) is 54.2 Å². The summed E-state index contributed by atoms with van der Waals surface area (Å²) >= 11 is 0. The van der Waals surface area contributed by atoms with Crippen molar-refractivity contribution < 1.29 is 60.0 Å². The molecule has 5 rings (SSSR count). The highest BCUT2D eigenvalue weighted by atomic mass is 19.4. The topological polar surface area (TPSA) is 179 Å². The minimum absolute atomic E-state index is 0.0142. The number of carboxylic acid groups (broad SMARTS) is 1. The fourth-order valence-corrected chi connectivity index (χ4v) is 6.64. The standard InChI is InChI=1S/C39H40F6N6O7/c1-4-25-18-28(33-29(12-13-30(49-33)56-3)51(25)37(55)57-5-2)48-32(22-15-23(38(40,41)42)17-24(16-22)39(43,44)45)35-47-19-27(34(46)50-35)26(11-14-31(52)53)36(54)58-20-21-9-7-6-8-10-21/h6-10,12-13,15-17,19,25-26,28,32,48H,4-5,11,14,18,20H2,1-3H3,(H,52,53)(H2,46,47,50)/t25-,26?,28+,32?/m1/s1. The van der Waals surface area contributed by atoms with Gasteiger partial charge in [-0.2, -0.15) is 26.3 Å².